The Labute approximate surface area is 225 Å². The lowest BCUT2D eigenvalue weighted by molar-refractivity contribution is -0.117. The number of rotatable bonds is 10. The molecule has 4 rings (SSSR count). The van der Waals surface area contributed by atoms with E-state index < -0.39 is 10.0 Å². The minimum absolute atomic E-state index is 0.0181. The van der Waals surface area contributed by atoms with Crippen LogP contribution >= 0.6 is 0 Å². The monoisotopic (exact) mass is 536 g/mol. The average molecular weight is 537 g/mol. The molecule has 0 aliphatic carbocycles. The van der Waals surface area contributed by atoms with Crippen molar-refractivity contribution in [1.82, 2.24) is 19.6 Å². The van der Waals surface area contributed by atoms with E-state index in [2.05, 4.69) is 30.2 Å². The Kier molecular flexibility index (Phi) is 8.76. The standard InChI is InChI=1S/C28H36N6O3S/c1-28(2,3)20-26(35)31-22-8-6-21(7-9-22)25-14-15-29-27(33-25)32-23-10-12-24(13-11-23)38(36,37)30-16-19-34-17-4-5-18-34/h6-15,30H,4-5,16-20H2,1-3H3,(H,31,35)(H,29,32,33). The van der Waals surface area contributed by atoms with Crippen LogP contribution in [0.3, 0.4) is 0 Å². The molecule has 202 valence electrons. The van der Waals surface area contributed by atoms with Crippen molar-refractivity contribution in [2.45, 2.75) is 44.9 Å². The first-order valence-corrected chi connectivity index (χ1v) is 14.4. The van der Waals surface area contributed by atoms with Crippen LogP contribution in [0.4, 0.5) is 17.3 Å². The van der Waals surface area contributed by atoms with Crippen molar-refractivity contribution in [2.75, 3.05) is 36.8 Å². The Balaban J connectivity index is 1.35. The van der Waals surface area contributed by atoms with E-state index in [1.807, 2.05) is 51.1 Å². The zero-order valence-corrected chi connectivity index (χ0v) is 23.0. The summed E-state index contributed by atoms with van der Waals surface area (Å²) in [6.45, 7) is 9.27. The molecule has 0 radical (unpaired) electrons. The summed E-state index contributed by atoms with van der Waals surface area (Å²) in [6, 6.07) is 15.8. The van der Waals surface area contributed by atoms with Crippen molar-refractivity contribution in [3.8, 4) is 11.3 Å². The summed E-state index contributed by atoms with van der Waals surface area (Å²) >= 11 is 0. The molecule has 0 bridgehead atoms. The molecule has 1 saturated heterocycles. The van der Waals surface area contributed by atoms with Gasteiger partial charge in [0.05, 0.1) is 10.6 Å². The van der Waals surface area contributed by atoms with Crippen LogP contribution in [-0.4, -0.2) is 55.4 Å². The number of nitrogens with zero attached hydrogens (tertiary/aromatic N) is 3. The molecule has 3 N–H and O–H groups in total. The van der Waals surface area contributed by atoms with Gasteiger partial charge in [-0.1, -0.05) is 32.9 Å². The van der Waals surface area contributed by atoms with Crippen molar-refractivity contribution in [3.05, 3.63) is 60.8 Å². The molecule has 1 aromatic heterocycles. The van der Waals surface area contributed by atoms with E-state index in [0.29, 0.717) is 24.6 Å². The Hall–Kier alpha value is -3.34. The molecule has 1 aliphatic rings. The number of nitrogens with one attached hydrogen (secondary N) is 3. The Morgan fingerprint density at radius 3 is 2.26 bits per heavy atom. The average Bonchev–Trinajstić information content (AvgIpc) is 3.37. The second-order valence-corrected chi connectivity index (χ2v) is 12.5. The van der Waals surface area contributed by atoms with Gasteiger partial charge in [-0.2, -0.15) is 0 Å². The van der Waals surface area contributed by atoms with Crippen molar-refractivity contribution in [3.63, 3.8) is 0 Å². The highest BCUT2D eigenvalue weighted by Gasteiger charge is 2.17. The minimum atomic E-state index is -3.57. The van der Waals surface area contributed by atoms with Gasteiger partial charge in [-0.3, -0.25) is 4.79 Å². The molecule has 2 heterocycles. The number of amides is 1. The molecule has 3 aromatic rings. The van der Waals surface area contributed by atoms with Crippen LogP contribution in [0.2, 0.25) is 0 Å². The van der Waals surface area contributed by atoms with E-state index in [-0.39, 0.29) is 16.2 Å². The lowest BCUT2D eigenvalue weighted by Crippen LogP contribution is -2.33. The fourth-order valence-electron chi connectivity index (χ4n) is 4.27. The van der Waals surface area contributed by atoms with E-state index in [1.165, 1.54) is 12.8 Å². The fourth-order valence-corrected chi connectivity index (χ4v) is 5.29. The molecule has 0 spiro atoms. The molecular formula is C28H36N6O3S. The summed E-state index contributed by atoms with van der Waals surface area (Å²) in [5.74, 6) is 0.375. The quantitative estimate of drug-likeness (QED) is 0.346. The predicted molar refractivity (Wildman–Crippen MR) is 151 cm³/mol. The molecule has 0 atom stereocenters. The Morgan fingerprint density at radius 2 is 1.61 bits per heavy atom. The predicted octanol–water partition coefficient (Wildman–Crippen LogP) is 4.64. The maximum atomic E-state index is 12.6. The number of likely N-dealkylation sites (tertiary alicyclic amines) is 1. The maximum absolute atomic E-state index is 12.6. The van der Waals surface area contributed by atoms with Crippen LogP contribution in [0.1, 0.15) is 40.0 Å². The highest BCUT2D eigenvalue weighted by molar-refractivity contribution is 7.89. The lowest BCUT2D eigenvalue weighted by Gasteiger charge is -2.17. The number of aromatic nitrogens is 2. The SMILES string of the molecule is CC(C)(C)CC(=O)Nc1ccc(-c2ccnc(Nc3ccc(S(=O)(=O)NCCN4CCCC4)cc3)n2)cc1. The van der Waals surface area contributed by atoms with E-state index in [9.17, 15) is 13.2 Å². The van der Waals surface area contributed by atoms with Crippen LogP contribution in [-0.2, 0) is 14.8 Å². The second-order valence-electron chi connectivity index (χ2n) is 10.7. The van der Waals surface area contributed by atoms with Crippen LogP contribution in [0.25, 0.3) is 11.3 Å². The first-order chi connectivity index (χ1) is 18.1. The van der Waals surface area contributed by atoms with Crippen LogP contribution in [0.15, 0.2) is 65.7 Å². The van der Waals surface area contributed by atoms with Crippen molar-refractivity contribution in [2.24, 2.45) is 5.41 Å². The normalized spacial score (nSPS) is 14.4. The van der Waals surface area contributed by atoms with Gasteiger partial charge in [-0.25, -0.2) is 23.1 Å². The van der Waals surface area contributed by atoms with Crippen LogP contribution in [0, 0.1) is 5.41 Å². The number of benzene rings is 2. The van der Waals surface area contributed by atoms with Gasteiger partial charge in [0.2, 0.25) is 21.9 Å². The highest BCUT2D eigenvalue weighted by Crippen LogP contribution is 2.24. The van der Waals surface area contributed by atoms with Crippen molar-refractivity contribution >= 4 is 33.3 Å². The van der Waals surface area contributed by atoms with Gasteiger partial charge in [-0.05, 0) is 73.8 Å². The van der Waals surface area contributed by atoms with Crippen LogP contribution in [0.5, 0.6) is 0 Å². The van der Waals surface area contributed by atoms with E-state index in [0.717, 1.165) is 36.6 Å². The van der Waals surface area contributed by atoms with Gasteiger partial charge in [0.15, 0.2) is 0 Å². The Morgan fingerprint density at radius 1 is 0.947 bits per heavy atom. The summed E-state index contributed by atoms with van der Waals surface area (Å²) < 4.78 is 27.9. The number of sulfonamides is 1. The smallest absolute Gasteiger partial charge is 0.240 e. The number of anilines is 3. The molecular weight excluding hydrogens is 500 g/mol. The van der Waals surface area contributed by atoms with Gasteiger partial charge in [-0.15, -0.1) is 0 Å². The second kappa shape index (κ2) is 12.0. The molecule has 10 heteroatoms. The third kappa shape index (κ3) is 8.08. The topological polar surface area (TPSA) is 116 Å². The molecule has 0 unspecified atom stereocenters. The van der Waals surface area contributed by atoms with Gasteiger partial charge >= 0.3 is 0 Å². The first-order valence-electron chi connectivity index (χ1n) is 12.9. The number of carbonyl (C=O) groups is 1. The van der Waals surface area contributed by atoms with Crippen molar-refractivity contribution < 1.29 is 13.2 Å². The molecule has 9 nitrogen and oxygen atoms in total. The fraction of sp³-hybridized carbons (Fsp3) is 0.393. The molecule has 0 saturated carbocycles. The summed E-state index contributed by atoms with van der Waals surface area (Å²) in [5.41, 5.74) is 2.93. The van der Waals surface area contributed by atoms with Gasteiger partial charge in [0.25, 0.3) is 0 Å². The number of carbonyl (C=O) groups excluding carboxylic acids is 1. The third-order valence-electron chi connectivity index (χ3n) is 6.15. The summed E-state index contributed by atoms with van der Waals surface area (Å²) in [5, 5.41) is 6.06. The molecule has 38 heavy (non-hydrogen) atoms. The van der Waals surface area contributed by atoms with E-state index in [1.54, 1.807) is 30.5 Å². The summed E-state index contributed by atoms with van der Waals surface area (Å²) in [4.78, 5) is 23.5. The van der Waals surface area contributed by atoms with Gasteiger partial charge in [0.1, 0.15) is 0 Å². The molecule has 1 amide bonds. The lowest BCUT2D eigenvalue weighted by atomic mass is 9.92. The van der Waals surface area contributed by atoms with Crippen LogP contribution < -0.4 is 15.4 Å². The van der Waals surface area contributed by atoms with E-state index in [4.69, 9.17) is 0 Å². The largest absolute Gasteiger partial charge is 0.326 e. The molecule has 1 fully saturated rings. The summed E-state index contributed by atoms with van der Waals surface area (Å²) in [7, 11) is -3.57. The van der Waals surface area contributed by atoms with Gasteiger partial charge in [0, 0.05) is 42.6 Å². The highest BCUT2D eigenvalue weighted by atomic mass is 32.2. The summed E-state index contributed by atoms with van der Waals surface area (Å²) in [6.07, 6.45) is 4.46. The first kappa shape index (κ1) is 27.7. The van der Waals surface area contributed by atoms with E-state index >= 15 is 0 Å². The molecule has 2 aromatic carbocycles. The van der Waals surface area contributed by atoms with Gasteiger partial charge < -0.3 is 15.5 Å². The third-order valence-corrected chi connectivity index (χ3v) is 7.63. The zero-order valence-electron chi connectivity index (χ0n) is 22.2. The minimum Gasteiger partial charge on any atom is -0.326 e. The zero-order chi connectivity index (χ0) is 27.2. The van der Waals surface area contributed by atoms with Crippen molar-refractivity contribution in [1.29, 1.82) is 0 Å². The number of hydrogen-bond donors (Lipinski definition) is 3. The number of hydrogen-bond acceptors (Lipinski definition) is 7. The molecule has 1 aliphatic heterocycles. The maximum Gasteiger partial charge on any atom is 0.240 e. The Bertz CT molecular complexity index is 1330.